The zero-order valence-corrected chi connectivity index (χ0v) is 20.5. The molecule has 1 aromatic carbocycles. The average molecular weight is 507 g/mol. The molecule has 11 heteroatoms. The van der Waals surface area contributed by atoms with Crippen molar-refractivity contribution in [3.05, 3.63) is 70.0 Å². The van der Waals surface area contributed by atoms with Crippen molar-refractivity contribution in [1.82, 2.24) is 25.2 Å². The highest BCUT2D eigenvalue weighted by Crippen LogP contribution is 2.28. The predicted octanol–water partition coefficient (Wildman–Crippen LogP) is 2.68. The van der Waals surface area contributed by atoms with Gasteiger partial charge in [0.25, 0.3) is 11.8 Å². The van der Waals surface area contributed by atoms with E-state index in [1.54, 1.807) is 25.4 Å². The van der Waals surface area contributed by atoms with Crippen LogP contribution < -0.4 is 16.4 Å². The molecule has 1 saturated heterocycles. The first kappa shape index (κ1) is 23.9. The fourth-order valence-corrected chi connectivity index (χ4v) is 4.97. The van der Waals surface area contributed by atoms with E-state index in [1.165, 1.54) is 15.9 Å². The number of methoxy groups -OCH3 is 1. The second-order valence-electron chi connectivity index (χ2n) is 8.51. The zero-order chi connectivity index (χ0) is 25.1. The van der Waals surface area contributed by atoms with Crippen LogP contribution in [0.4, 0.5) is 5.95 Å². The van der Waals surface area contributed by atoms with Gasteiger partial charge in [-0.3, -0.25) is 9.59 Å². The first-order valence-corrected chi connectivity index (χ1v) is 12.4. The number of fused-ring (bicyclic) bond motifs is 1. The number of nitrogen functional groups attached to an aromatic ring is 1. The molecule has 4 N–H and O–H groups in total. The molecule has 10 nitrogen and oxygen atoms in total. The second-order valence-corrected chi connectivity index (χ2v) is 9.42. The van der Waals surface area contributed by atoms with Crippen molar-refractivity contribution in [2.45, 2.75) is 18.5 Å². The first-order chi connectivity index (χ1) is 17.5. The normalized spacial score (nSPS) is 16.2. The lowest BCUT2D eigenvalue weighted by molar-refractivity contribution is 0.0899. The molecule has 0 saturated carbocycles. The van der Waals surface area contributed by atoms with Gasteiger partial charge in [-0.1, -0.05) is 30.3 Å². The van der Waals surface area contributed by atoms with Gasteiger partial charge in [0.05, 0.1) is 35.7 Å². The van der Waals surface area contributed by atoms with E-state index in [0.717, 1.165) is 17.5 Å². The highest BCUT2D eigenvalue weighted by Gasteiger charge is 2.23. The maximum Gasteiger partial charge on any atom is 0.261 e. The van der Waals surface area contributed by atoms with Gasteiger partial charge in [0.15, 0.2) is 5.65 Å². The van der Waals surface area contributed by atoms with E-state index in [1.807, 2.05) is 35.7 Å². The molecule has 186 valence electrons. The molecule has 0 spiro atoms. The van der Waals surface area contributed by atoms with Gasteiger partial charge < -0.3 is 25.8 Å². The van der Waals surface area contributed by atoms with Crippen LogP contribution >= 0.6 is 11.3 Å². The molecule has 4 heterocycles. The van der Waals surface area contributed by atoms with E-state index in [9.17, 15) is 9.59 Å². The largest absolute Gasteiger partial charge is 0.382 e. The molecule has 1 fully saturated rings. The van der Waals surface area contributed by atoms with Gasteiger partial charge in [-0.25, -0.2) is 4.52 Å². The number of carbonyl (C=O) groups excluding carboxylic acids is 2. The molecule has 0 radical (unpaired) electrons. The lowest BCUT2D eigenvalue weighted by Crippen LogP contribution is -2.35. The van der Waals surface area contributed by atoms with E-state index in [2.05, 4.69) is 20.7 Å². The van der Waals surface area contributed by atoms with Gasteiger partial charge in [-0.05, 0) is 35.1 Å². The van der Waals surface area contributed by atoms with Gasteiger partial charge in [0.2, 0.25) is 5.95 Å². The molecule has 1 aliphatic rings. The van der Waals surface area contributed by atoms with E-state index >= 15 is 0 Å². The summed E-state index contributed by atoms with van der Waals surface area (Å²) in [7, 11) is 1.60. The van der Waals surface area contributed by atoms with Crippen LogP contribution in [0.1, 0.15) is 38.1 Å². The van der Waals surface area contributed by atoms with Crippen LogP contribution in [0.5, 0.6) is 0 Å². The summed E-state index contributed by atoms with van der Waals surface area (Å²) in [5, 5.41) is 12.1. The number of ether oxygens (including phenoxy) is 2. The first-order valence-electron chi connectivity index (χ1n) is 11.5. The van der Waals surface area contributed by atoms with Crippen molar-refractivity contribution in [2.75, 3.05) is 32.7 Å². The minimum Gasteiger partial charge on any atom is -0.382 e. The summed E-state index contributed by atoms with van der Waals surface area (Å²) in [6, 6.07) is 12.9. The Morgan fingerprint density at radius 2 is 2.08 bits per heavy atom. The summed E-state index contributed by atoms with van der Waals surface area (Å²) in [5.41, 5.74) is 8.99. The number of amides is 2. The number of nitrogens with two attached hydrogens (primary N) is 1. The molecule has 0 aliphatic carbocycles. The Hall–Kier alpha value is -3.80. The lowest BCUT2D eigenvalue weighted by Gasteiger charge is -2.17. The fourth-order valence-electron chi connectivity index (χ4n) is 4.15. The summed E-state index contributed by atoms with van der Waals surface area (Å²) < 4.78 is 12.2. The number of anilines is 1. The molecule has 1 aliphatic heterocycles. The van der Waals surface area contributed by atoms with E-state index in [4.69, 9.17) is 15.2 Å². The monoisotopic (exact) mass is 506 g/mol. The van der Waals surface area contributed by atoms with Gasteiger partial charge in [0, 0.05) is 25.5 Å². The number of benzene rings is 1. The molecule has 3 aromatic heterocycles. The molecule has 0 bridgehead atoms. The lowest BCUT2D eigenvalue weighted by atomic mass is 10.1. The number of hydrogen-bond acceptors (Lipinski definition) is 8. The molecule has 5 rings (SSSR count). The van der Waals surface area contributed by atoms with Crippen LogP contribution in [-0.4, -0.2) is 59.4 Å². The Balaban J connectivity index is 1.41. The van der Waals surface area contributed by atoms with Crippen molar-refractivity contribution < 1.29 is 19.1 Å². The highest BCUT2D eigenvalue weighted by atomic mass is 32.1. The minimum atomic E-state index is -0.279. The van der Waals surface area contributed by atoms with E-state index in [0.29, 0.717) is 41.5 Å². The standard InChI is InChI=1S/C25H26N6O4S/c1-34-13-20(15-5-3-2-4-6-15)28-24(33)21-10-17(14-36-21)16-9-19(22-29-25(26)30-31(22)11-16)23(32)27-18-7-8-35-12-18/h2-6,9-11,14,18,20H,7-8,12-13H2,1H3,(H2,26,30)(H,27,32)(H,28,33)/t18-,20-/m0/s1. The quantitative estimate of drug-likeness (QED) is 0.335. The van der Waals surface area contributed by atoms with Crippen LogP contribution in [-0.2, 0) is 9.47 Å². The van der Waals surface area contributed by atoms with Crippen LogP contribution in [0.25, 0.3) is 16.8 Å². The maximum atomic E-state index is 13.1. The van der Waals surface area contributed by atoms with E-state index < -0.39 is 0 Å². The summed E-state index contributed by atoms with van der Waals surface area (Å²) in [4.78, 5) is 30.9. The number of nitrogens with one attached hydrogen (secondary N) is 2. The number of pyridine rings is 1. The third-order valence-electron chi connectivity index (χ3n) is 5.96. The highest BCUT2D eigenvalue weighted by molar-refractivity contribution is 7.12. The second kappa shape index (κ2) is 10.4. The van der Waals surface area contributed by atoms with Gasteiger partial charge in [-0.15, -0.1) is 16.4 Å². The third kappa shape index (κ3) is 5.08. The molecule has 2 atom stereocenters. The van der Waals surface area contributed by atoms with Crippen molar-refractivity contribution in [1.29, 1.82) is 0 Å². The molecule has 36 heavy (non-hydrogen) atoms. The molecular weight excluding hydrogens is 480 g/mol. The van der Waals surface area contributed by atoms with Gasteiger partial charge in [-0.2, -0.15) is 4.98 Å². The summed E-state index contributed by atoms with van der Waals surface area (Å²) in [6.45, 7) is 1.45. The van der Waals surface area contributed by atoms with Crippen molar-refractivity contribution in [3.63, 3.8) is 0 Å². The third-order valence-corrected chi connectivity index (χ3v) is 6.89. The van der Waals surface area contributed by atoms with Crippen LogP contribution in [0, 0.1) is 0 Å². The number of hydrogen-bond donors (Lipinski definition) is 3. The van der Waals surface area contributed by atoms with Crippen molar-refractivity contribution in [3.8, 4) is 11.1 Å². The van der Waals surface area contributed by atoms with Gasteiger partial charge in [0.1, 0.15) is 0 Å². The number of thiophene rings is 1. The van der Waals surface area contributed by atoms with Gasteiger partial charge >= 0.3 is 0 Å². The average Bonchev–Trinajstić information content (AvgIpc) is 3.64. The SMILES string of the molecule is COC[C@H](NC(=O)c1cc(-c2cc(C(=O)N[C@H]3CCOC3)c3nc(N)nn3c2)cs1)c1ccccc1. The number of rotatable bonds is 8. The Bertz CT molecular complexity index is 1380. The number of nitrogens with zero attached hydrogens (tertiary/aromatic N) is 3. The fraction of sp³-hybridized carbons (Fsp3) is 0.280. The van der Waals surface area contributed by atoms with Crippen LogP contribution in [0.15, 0.2) is 54.0 Å². The summed E-state index contributed by atoms with van der Waals surface area (Å²) in [6.07, 6.45) is 2.50. The zero-order valence-electron chi connectivity index (χ0n) is 19.6. The van der Waals surface area contributed by atoms with Crippen molar-refractivity contribution >= 4 is 34.7 Å². The number of aromatic nitrogens is 3. The van der Waals surface area contributed by atoms with Crippen LogP contribution in [0.2, 0.25) is 0 Å². The predicted molar refractivity (Wildman–Crippen MR) is 136 cm³/mol. The van der Waals surface area contributed by atoms with Crippen LogP contribution in [0.3, 0.4) is 0 Å². The maximum absolute atomic E-state index is 13.1. The van der Waals surface area contributed by atoms with E-state index in [-0.39, 0.29) is 29.8 Å². The Morgan fingerprint density at radius 3 is 2.83 bits per heavy atom. The Kier molecular flexibility index (Phi) is 6.94. The minimum absolute atomic E-state index is 0.0532. The molecular formula is C25H26N6O4S. The summed E-state index contributed by atoms with van der Waals surface area (Å²) >= 11 is 1.32. The number of carbonyl (C=O) groups is 2. The molecule has 0 unspecified atom stereocenters. The topological polar surface area (TPSA) is 133 Å². The smallest absolute Gasteiger partial charge is 0.261 e. The molecule has 4 aromatic rings. The molecule has 2 amide bonds. The Morgan fingerprint density at radius 1 is 1.25 bits per heavy atom. The summed E-state index contributed by atoms with van der Waals surface area (Å²) in [5.74, 6) is -0.411. The van der Waals surface area contributed by atoms with Crippen molar-refractivity contribution in [2.24, 2.45) is 0 Å². The Labute approximate surface area is 211 Å².